The molecule has 9 heteroatoms. The van der Waals surface area contributed by atoms with Crippen LogP contribution in [0.15, 0.2) is 60.7 Å². The summed E-state index contributed by atoms with van der Waals surface area (Å²) in [6.07, 6.45) is 1.08. The summed E-state index contributed by atoms with van der Waals surface area (Å²) < 4.78 is 31.4. The van der Waals surface area contributed by atoms with E-state index in [2.05, 4.69) is 16.7 Å². The monoisotopic (exact) mass is 584 g/mol. The Balaban J connectivity index is 1.90. The summed E-state index contributed by atoms with van der Waals surface area (Å²) >= 11 is 12.3. The molecule has 4 N–H and O–H groups in total. The van der Waals surface area contributed by atoms with E-state index in [1.54, 1.807) is 18.2 Å². The normalized spacial score (nSPS) is 22.6. The number of nitrogens with zero attached hydrogens (tertiary/aromatic N) is 1. The molecule has 0 unspecified atom stereocenters. The van der Waals surface area contributed by atoms with Crippen molar-refractivity contribution in [3.63, 3.8) is 0 Å². The van der Waals surface area contributed by atoms with Gasteiger partial charge in [0.25, 0.3) is 0 Å². The minimum atomic E-state index is -1.68. The Kier molecular flexibility index (Phi) is 8.86. The minimum absolute atomic E-state index is 0.0342. The first-order chi connectivity index (χ1) is 18.9. The summed E-state index contributed by atoms with van der Waals surface area (Å²) in [5.41, 5.74) is 5.26. The minimum Gasteiger partial charge on any atom is -0.330 e. The highest BCUT2D eigenvalue weighted by molar-refractivity contribution is 6.31. The number of amides is 1. The van der Waals surface area contributed by atoms with Gasteiger partial charge in [0.1, 0.15) is 17.0 Å². The first kappa shape index (κ1) is 30.0. The van der Waals surface area contributed by atoms with Crippen molar-refractivity contribution < 1.29 is 13.6 Å². The first-order valence-electron chi connectivity index (χ1n) is 13.1. The molecule has 0 aromatic heterocycles. The number of benzene rings is 3. The Morgan fingerprint density at radius 3 is 2.42 bits per heavy atom. The number of hydrogen-bond donors (Lipinski definition) is 3. The quantitative estimate of drug-likeness (QED) is 0.287. The second kappa shape index (κ2) is 11.8. The summed E-state index contributed by atoms with van der Waals surface area (Å²) in [4.78, 5) is 13.9. The molecule has 1 fully saturated rings. The Morgan fingerprint density at radius 1 is 1.12 bits per heavy atom. The van der Waals surface area contributed by atoms with Crippen LogP contribution in [0.25, 0.3) is 0 Å². The lowest BCUT2D eigenvalue weighted by Gasteiger charge is -2.37. The Labute approximate surface area is 243 Å². The van der Waals surface area contributed by atoms with Gasteiger partial charge in [0.2, 0.25) is 5.91 Å². The fourth-order valence-corrected chi connectivity index (χ4v) is 6.04. The van der Waals surface area contributed by atoms with E-state index in [0.29, 0.717) is 25.1 Å². The van der Waals surface area contributed by atoms with Gasteiger partial charge in [-0.25, -0.2) is 8.78 Å². The Bertz CT molecular complexity index is 1430. The zero-order valence-electron chi connectivity index (χ0n) is 22.6. The molecule has 210 valence electrons. The predicted molar refractivity (Wildman–Crippen MR) is 155 cm³/mol. The summed E-state index contributed by atoms with van der Waals surface area (Å²) in [6.45, 7) is 6.46. The summed E-state index contributed by atoms with van der Waals surface area (Å²) in [5.74, 6) is -3.08. The zero-order chi connectivity index (χ0) is 29.2. The van der Waals surface area contributed by atoms with Crippen LogP contribution in [0, 0.1) is 28.4 Å². The summed E-state index contributed by atoms with van der Waals surface area (Å²) in [7, 11) is 0. The van der Waals surface area contributed by atoms with Crippen LogP contribution in [-0.2, 0) is 16.6 Å². The van der Waals surface area contributed by atoms with Crippen LogP contribution in [0.1, 0.15) is 49.8 Å². The van der Waals surface area contributed by atoms with Gasteiger partial charge in [-0.05, 0) is 66.3 Å². The van der Waals surface area contributed by atoms with Gasteiger partial charge in [0, 0.05) is 28.2 Å². The standard InChI is InChI=1S/C31H32Cl2F2N4O/c1-30(2,3)16-25-31(17-37,22-12-9-19(32)15-24(22)34)26(21-5-4-6-23(33)27(21)35)28(39-25)29(40)38-20-10-7-18(8-11-20)13-14-36/h4-12,15,25-26,28,39H,13-14,16,36H2,1-3H3,(H,38,40)/t25-,26-,28+,31-/m0/s1. The number of carbonyl (C=O) groups excluding carboxylic acids is 1. The van der Waals surface area contributed by atoms with Crippen LogP contribution >= 0.6 is 23.2 Å². The zero-order valence-corrected chi connectivity index (χ0v) is 24.1. The Morgan fingerprint density at radius 2 is 1.82 bits per heavy atom. The molecule has 0 bridgehead atoms. The van der Waals surface area contributed by atoms with E-state index in [9.17, 15) is 10.1 Å². The SMILES string of the molecule is CC(C)(C)C[C@@H]1N[C@@H](C(=O)Nc2ccc(CCN)cc2)[C@H](c2cccc(Cl)c2F)[C@@]1(C#N)c1ccc(Cl)cc1F. The summed E-state index contributed by atoms with van der Waals surface area (Å²) in [6, 6.07) is 16.3. The molecule has 5 nitrogen and oxygen atoms in total. The van der Waals surface area contributed by atoms with Gasteiger partial charge in [-0.1, -0.05) is 74.3 Å². The van der Waals surface area contributed by atoms with Crippen molar-refractivity contribution in [3.8, 4) is 6.07 Å². The fourth-order valence-electron chi connectivity index (χ4n) is 5.70. The number of rotatable bonds is 7. The number of nitrogens with one attached hydrogen (secondary N) is 2. The molecule has 1 aliphatic rings. The predicted octanol–water partition coefficient (Wildman–Crippen LogP) is 6.73. The largest absolute Gasteiger partial charge is 0.330 e. The highest BCUT2D eigenvalue weighted by Crippen LogP contribution is 2.52. The van der Waals surface area contributed by atoms with E-state index in [-0.39, 0.29) is 26.6 Å². The van der Waals surface area contributed by atoms with E-state index in [4.69, 9.17) is 28.9 Å². The molecule has 3 aromatic carbocycles. The number of hydrogen-bond acceptors (Lipinski definition) is 4. The third-order valence-electron chi connectivity index (χ3n) is 7.39. The van der Waals surface area contributed by atoms with E-state index in [0.717, 1.165) is 11.6 Å². The van der Waals surface area contributed by atoms with Crippen LogP contribution in [0.3, 0.4) is 0 Å². The number of nitrogens with two attached hydrogens (primary N) is 1. The molecule has 3 aromatic rings. The van der Waals surface area contributed by atoms with Crippen molar-refractivity contribution in [1.82, 2.24) is 5.32 Å². The van der Waals surface area contributed by atoms with E-state index in [1.165, 1.54) is 24.3 Å². The molecular formula is C31H32Cl2F2N4O. The molecule has 0 saturated carbocycles. The molecule has 0 radical (unpaired) electrons. The van der Waals surface area contributed by atoms with Gasteiger partial charge in [-0.15, -0.1) is 0 Å². The molecule has 1 aliphatic heterocycles. The second-order valence-electron chi connectivity index (χ2n) is 11.4. The van der Waals surface area contributed by atoms with Crippen LogP contribution < -0.4 is 16.4 Å². The Hall–Kier alpha value is -3.02. The highest BCUT2D eigenvalue weighted by atomic mass is 35.5. The van der Waals surface area contributed by atoms with Gasteiger partial charge in [-0.3, -0.25) is 4.79 Å². The van der Waals surface area contributed by atoms with E-state index < -0.39 is 41.0 Å². The lowest BCUT2D eigenvalue weighted by atomic mass is 9.62. The molecule has 0 aliphatic carbocycles. The van der Waals surface area contributed by atoms with Crippen LogP contribution in [0.4, 0.5) is 14.5 Å². The maximum absolute atomic E-state index is 15.7. The van der Waals surface area contributed by atoms with Crippen LogP contribution in [0.5, 0.6) is 0 Å². The number of nitriles is 1. The summed E-state index contributed by atoms with van der Waals surface area (Å²) in [5, 5.41) is 17.1. The molecule has 4 rings (SSSR count). The van der Waals surface area contributed by atoms with Crippen molar-refractivity contribution >= 4 is 34.8 Å². The third kappa shape index (κ3) is 5.87. The molecule has 40 heavy (non-hydrogen) atoms. The average molecular weight is 586 g/mol. The highest BCUT2D eigenvalue weighted by Gasteiger charge is 2.61. The third-order valence-corrected chi connectivity index (χ3v) is 7.91. The van der Waals surface area contributed by atoms with E-state index in [1.807, 2.05) is 32.9 Å². The number of carbonyl (C=O) groups is 1. The van der Waals surface area contributed by atoms with Crippen molar-refractivity contribution in [2.45, 2.75) is 57.0 Å². The molecule has 1 heterocycles. The lowest BCUT2D eigenvalue weighted by Crippen LogP contribution is -2.45. The molecule has 0 spiro atoms. The molecule has 1 amide bonds. The number of anilines is 1. The average Bonchev–Trinajstić information content (AvgIpc) is 3.20. The van der Waals surface area contributed by atoms with Gasteiger partial charge in [-0.2, -0.15) is 5.26 Å². The van der Waals surface area contributed by atoms with Gasteiger partial charge >= 0.3 is 0 Å². The number of halogens is 4. The van der Waals surface area contributed by atoms with Crippen molar-refractivity contribution in [2.24, 2.45) is 11.1 Å². The van der Waals surface area contributed by atoms with Crippen LogP contribution in [-0.4, -0.2) is 24.5 Å². The van der Waals surface area contributed by atoms with Gasteiger partial charge in [0.05, 0.1) is 17.1 Å². The maximum Gasteiger partial charge on any atom is 0.242 e. The van der Waals surface area contributed by atoms with Gasteiger partial charge in [0.15, 0.2) is 0 Å². The lowest BCUT2D eigenvalue weighted by molar-refractivity contribution is -0.118. The molecular weight excluding hydrogens is 553 g/mol. The van der Waals surface area contributed by atoms with Gasteiger partial charge < -0.3 is 16.4 Å². The first-order valence-corrected chi connectivity index (χ1v) is 13.8. The molecule has 1 saturated heterocycles. The van der Waals surface area contributed by atoms with E-state index >= 15 is 8.78 Å². The smallest absolute Gasteiger partial charge is 0.242 e. The van der Waals surface area contributed by atoms with Crippen molar-refractivity contribution in [3.05, 3.63) is 99.0 Å². The van der Waals surface area contributed by atoms with Crippen LogP contribution in [0.2, 0.25) is 10.0 Å². The van der Waals surface area contributed by atoms with Crippen molar-refractivity contribution in [2.75, 3.05) is 11.9 Å². The maximum atomic E-state index is 15.7. The topological polar surface area (TPSA) is 90.9 Å². The molecule has 4 atom stereocenters. The van der Waals surface area contributed by atoms with Crippen molar-refractivity contribution in [1.29, 1.82) is 5.26 Å². The fraction of sp³-hybridized carbons (Fsp3) is 0.355. The second-order valence-corrected chi connectivity index (χ2v) is 12.3.